The number of benzene rings is 1. The van der Waals surface area contributed by atoms with Gasteiger partial charge >= 0.3 is 0 Å². The third-order valence-corrected chi connectivity index (χ3v) is 3.28. The van der Waals surface area contributed by atoms with Gasteiger partial charge in [0.25, 0.3) is 0 Å². The predicted molar refractivity (Wildman–Crippen MR) is 76.8 cm³/mol. The second kappa shape index (κ2) is 6.33. The molecule has 0 unspecified atom stereocenters. The van der Waals surface area contributed by atoms with Gasteiger partial charge in [-0.25, -0.2) is 4.98 Å². The molecule has 4 nitrogen and oxygen atoms in total. The first-order valence-electron chi connectivity index (χ1n) is 6.05. The van der Waals surface area contributed by atoms with Gasteiger partial charge in [-0.05, 0) is 31.5 Å². The number of hydrogen-bond donors (Lipinski definition) is 1. The van der Waals surface area contributed by atoms with Crippen molar-refractivity contribution in [3.63, 3.8) is 0 Å². The van der Waals surface area contributed by atoms with Gasteiger partial charge in [0, 0.05) is 11.1 Å². The van der Waals surface area contributed by atoms with Crippen molar-refractivity contribution >= 4 is 22.4 Å². The summed E-state index contributed by atoms with van der Waals surface area (Å²) in [6.45, 7) is 4.32. The summed E-state index contributed by atoms with van der Waals surface area (Å²) in [6, 6.07) is 7.77. The summed E-state index contributed by atoms with van der Waals surface area (Å²) in [6.07, 6.45) is 2.05. The molecule has 0 radical (unpaired) electrons. The molecule has 1 aromatic heterocycles. The van der Waals surface area contributed by atoms with Crippen molar-refractivity contribution in [2.75, 3.05) is 11.9 Å². The lowest BCUT2D eigenvalue weighted by atomic mass is 10.2. The molecule has 0 bridgehead atoms. The van der Waals surface area contributed by atoms with Crippen molar-refractivity contribution in [3.05, 3.63) is 40.9 Å². The third kappa shape index (κ3) is 4.37. The fourth-order valence-electron chi connectivity index (χ4n) is 1.56. The average Bonchev–Trinajstić information content (AvgIpc) is 2.75. The summed E-state index contributed by atoms with van der Waals surface area (Å²) in [4.78, 5) is 16.8. The Balaban J connectivity index is 1.75. The Kier molecular flexibility index (Phi) is 4.52. The molecule has 1 aromatic carbocycles. The molecule has 0 aliphatic heterocycles. The number of aromatic nitrogens is 1. The molecule has 0 saturated carbocycles. The Bertz CT molecular complexity index is 566. The smallest absolute Gasteiger partial charge is 0.229 e. The van der Waals surface area contributed by atoms with Gasteiger partial charge in [-0.3, -0.25) is 4.79 Å². The van der Waals surface area contributed by atoms with E-state index in [9.17, 15) is 4.79 Å². The second-order valence-corrected chi connectivity index (χ2v) is 5.47. The van der Waals surface area contributed by atoms with Crippen molar-refractivity contribution < 1.29 is 9.53 Å². The highest BCUT2D eigenvalue weighted by atomic mass is 32.1. The minimum absolute atomic E-state index is 0.0815. The van der Waals surface area contributed by atoms with Gasteiger partial charge in [0.15, 0.2) is 5.13 Å². The van der Waals surface area contributed by atoms with Crippen LogP contribution in [0.5, 0.6) is 5.75 Å². The van der Waals surface area contributed by atoms with Crippen LogP contribution in [-0.4, -0.2) is 17.5 Å². The maximum Gasteiger partial charge on any atom is 0.229 e. The lowest BCUT2D eigenvalue weighted by molar-refractivity contribution is -0.116. The van der Waals surface area contributed by atoms with Gasteiger partial charge in [-0.1, -0.05) is 12.1 Å². The molecule has 5 heteroatoms. The number of nitrogens with one attached hydrogen (secondary N) is 1. The van der Waals surface area contributed by atoms with Crippen molar-refractivity contribution in [1.82, 2.24) is 4.98 Å². The largest absolute Gasteiger partial charge is 0.493 e. The highest BCUT2D eigenvalue weighted by Crippen LogP contribution is 2.17. The normalized spacial score (nSPS) is 10.2. The van der Waals surface area contributed by atoms with Crippen LogP contribution in [0.2, 0.25) is 0 Å². The summed E-state index contributed by atoms with van der Waals surface area (Å²) < 4.78 is 5.52. The first-order chi connectivity index (χ1) is 9.13. The van der Waals surface area contributed by atoms with Gasteiger partial charge in [0.05, 0.1) is 13.0 Å². The van der Waals surface area contributed by atoms with Gasteiger partial charge in [0.2, 0.25) is 5.91 Å². The Labute approximate surface area is 116 Å². The number of carbonyl (C=O) groups excluding carboxylic acids is 1. The molecule has 0 atom stereocenters. The van der Waals surface area contributed by atoms with E-state index in [1.807, 2.05) is 38.1 Å². The number of thiazole rings is 1. The van der Waals surface area contributed by atoms with E-state index in [0.717, 1.165) is 16.2 Å². The molecule has 1 amide bonds. The van der Waals surface area contributed by atoms with Crippen LogP contribution in [0.1, 0.15) is 16.9 Å². The van der Waals surface area contributed by atoms with Gasteiger partial charge < -0.3 is 10.1 Å². The number of aryl methyl sites for hydroxylation is 2. The van der Waals surface area contributed by atoms with Crippen LogP contribution in [0, 0.1) is 13.8 Å². The number of amides is 1. The fraction of sp³-hybridized carbons (Fsp3) is 0.286. The van der Waals surface area contributed by atoms with Crippen LogP contribution < -0.4 is 10.1 Å². The maximum absolute atomic E-state index is 11.7. The Morgan fingerprint density at radius 1 is 1.42 bits per heavy atom. The van der Waals surface area contributed by atoms with E-state index < -0.39 is 0 Å². The van der Waals surface area contributed by atoms with E-state index >= 15 is 0 Å². The SMILES string of the molecule is Cc1cccc(OCCC(=O)Nc2ncc(C)s2)c1. The minimum atomic E-state index is -0.0815. The molecule has 100 valence electrons. The van der Waals surface area contributed by atoms with Crippen LogP contribution in [0.4, 0.5) is 5.13 Å². The second-order valence-electron chi connectivity index (χ2n) is 4.24. The minimum Gasteiger partial charge on any atom is -0.493 e. The molecular weight excluding hydrogens is 260 g/mol. The zero-order valence-electron chi connectivity index (χ0n) is 11.0. The van der Waals surface area contributed by atoms with E-state index in [0.29, 0.717) is 18.2 Å². The van der Waals surface area contributed by atoms with Gasteiger partial charge in [-0.15, -0.1) is 11.3 Å². The molecule has 0 aliphatic carbocycles. The zero-order valence-corrected chi connectivity index (χ0v) is 11.8. The Morgan fingerprint density at radius 3 is 2.95 bits per heavy atom. The quantitative estimate of drug-likeness (QED) is 0.912. The molecule has 19 heavy (non-hydrogen) atoms. The number of hydrogen-bond acceptors (Lipinski definition) is 4. The summed E-state index contributed by atoms with van der Waals surface area (Å²) in [5.41, 5.74) is 1.14. The maximum atomic E-state index is 11.7. The molecule has 0 fully saturated rings. The lowest BCUT2D eigenvalue weighted by Gasteiger charge is -2.06. The van der Waals surface area contributed by atoms with Crippen LogP contribution in [0.25, 0.3) is 0 Å². The van der Waals surface area contributed by atoms with Crippen molar-refractivity contribution in [1.29, 1.82) is 0 Å². The summed E-state index contributed by atoms with van der Waals surface area (Å²) in [5.74, 6) is 0.708. The summed E-state index contributed by atoms with van der Waals surface area (Å²) in [5, 5.41) is 3.39. The van der Waals surface area contributed by atoms with E-state index in [-0.39, 0.29) is 5.91 Å². The van der Waals surface area contributed by atoms with E-state index in [2.05, 4.69) is 10.3 Å². The molecule has 0 saturated heterocycles. The fourth-order valence-corrected chi connectivity index (χ4v) is 2.24. The summed E-state index contributed by atoms with van der Waals surface area (Å²) in [7, 11) is 0. The van der Waals surface area contributed by atoms with E-state index in [1.54, 1.807) is 6.20 Å². The number of ether oxygens (including phenoxy) is 1. The van der Waals surface area contributed by atoms with Crippen LogP contribution in [0.3, 0.4) is 0 Å². The third-order valence-electron chi connectivity index (χ3n) is 2.46. The van der Waals surface area contributed by atoms with Crippen molar-refractivity contribution in [3.8, 4) is 5.75 Å². The average molecular weight is 276 g/mol. The lowest BCUT2D eigenvalue weighted by Crippen LogP contribution is -2.15. The molecule has 1 heterocycles. The number of nitrogens with zero attached hydrogens (tertiary/aromatic N) is 1. The molecule has 0 spiro atoms. The highest BCUT2D eigenvalue weighted by molar-refractivity contribution is 7.15. The first kappa shape index (κ1) is 13.5. The highest BCUT2D eigenvalue weighted by Gasteiger charge is 2.05. The number of carbonyl (C=O) groups is 1. The van der Waals surface area contributed by atoms with Gasteiger partial charge in [-0.2, -0.15) is 0 Å². The molecule has 1 N–H and O–H groups in total. The van der Waals surface area contributed by atoms with Crippen molar-refractivity contribution in [2.24, 2.45) is 0 Å². The standard InChI is InChI=1S/C14H16N2O2S/c1-10-4-3-5-12(8-10)18-7-6-13(17)16-14-15-9-11(2)19-14/h3-5,8-9H,6-7H2,1-2H3,(H,15,16,17). The van der Waals surface area contributed by atoms with E-state index in [1.165, 1.54) is 11.3 Å². The van der Waals surface area contributed by atoms with Crippen LogP contribution in [0.15, 0.2) is 30.5 Å². The summed E-state index contributed by atoms with van der Waals surface area (Å²) >= 11 is 1.46. The molecule has 2 rings (SSSR count). The first-order valence-corrected chi connectivity index (χ1v) is 6.87. The Hall–Kier alpha value is -1.88. The number of anilines is 1. The Morgan fingerprint density at radius 2 is 2.26 bits per heavy atom. The molecular formula is C14H16N2O2S. The zero-order chi connectivity index (χ0) is 13.7. The topological polar surface area (TPSA) is 51.2 Å². The van der Waals surface area contributed by atoms with E-state index in [4.69, 9.17) is 4.74 Å². The number of rotatable bonds is 5. The van der Waals surface area contributed by atoms with Crippen LogP contribution >= 0.6 is 11.3 Å². The van der Waals surface area contributed by atoms with Gasteiger partial charge in [0.1, 0.15) is 5.75 Å². The predicted octanol–water partition coefficient (Wildman–Crippen LogP) is 3.17. The molecule has 2 aromatic rings. The van der Waals surface area contributed by atoms with Crippen molar-refractivity contribution in [2.45, 2.75) is 20.3 Å². The monoisotopic (exact) mass is 276 g/mol. The van der Waals surface area contributed by atoms with Crippen LogP contribution in [-0.2, 0) is 4.79 Å². The molecule has 0 aliphatic rings.